The predicted molar refractivity (Wildman–Crippen MR) is 147 cm³/mol. The van der Waals surface area contributed by atoms with Crippen LogP contribution in [0, 0.1) is 0 Å². The van der Waals surface area contributed by atoms with E-state index in [9.17, 15) is 0 Å². The molecule has 0 saturated heterocycles. The SMILES string of the molecule is c1ccc(-c2cc(-n3cnc4ccccc43)ccc2-c2ccc(-n3cnc4ccccc43)cc2)cc1. The van der Waals surface area contributed by atoms with Crippen LogP contribution < -0.4 is 0 Å². The average molecular weight is 463 g/mol. The minimum atomic E-state index is 0.991. The lowest BCUT2D eigenvalue weighted by molar-refractivity contribution is 1.09. The third-order valence-electron chi connectivity index (χ3n) is 6.73. The van der Waals surface area contributed by atoms with Crippen molar-refractivity contribution in [3.8, 4) is 33.6 Å². The first-order valence-corrected chi connectivity index (χ1v) is 12.0. The maximum Gasteiger partial charge on any atom is 0.100 e. The van der Waals surface area contributed by atoms with Crippen LogP contribution in [0.25, 0.3) is 55.7 Å². The van der Waals surface area contributed by atoms with Crippen LogP contribution in [0.4, 0.5) is 0 Å². The van der Waals surface area contributed by atoms with Crippen molar-refractivity contribution in [2.24, 2.45) is 0 Å². The van der Waals surface area contributed by atoms with Gasteiger partial charge in [0, 0.05) is 11.4 Å². The highest BCUT2D eigenvalue weighted by atomic mass is 15.1. The zero-order valence-corrected chi connectivity index (χ0v) is 19.5. The van der Waals surface area contributed by atoms with Gasteiger partial charge in [-0.15, -0.1) is 0 Å². The van der Waals surface area contributed by atoms with Crippen LogP contribution in [0.2, 0.25) is 0 Å². The lowest BCUT2D eigenvalue weighted by Gasteiger charge is -2.14. The number of para-hydroxylation sites is 4. The summed E-state index contributed by atoms with van der Waals surface area (Å²) in [6.07, 6.45) is 3.79. The van der Waals surface area contributed by atoms with Gasteiger partial charge in [-0.05, 0) is 70.8 Å². The predicted octanol–water partition coefficient (Wildman–Crippen LogP) is 7.70. The summed E-state index contributed by atoms with van der Waals surface area (Å²) in [5.74, 6) is 0. The molecule has 7 rings (SSSR count). The molecule has 0 radical (unpaired) electrons. The van der Waals surface area contributed by atoms with Gasteiger partial charge in [0.2, 0.25) is 0 Å². The highest BCUT2D eigenvalue weighted by molar-refractivity contribution is 5.86. The Labute approximate surface area is 208 Å². The van der Waals surface area contributed by atoms with Gasteiger partial charge >= 0.3 is 0 Å². The molecule has 0 amide bonds. The largest absolute Gasteiger partial charge is 0.299 e. The fourth-order valence-corrected chi connectivity index (χ4v) is 4.92. The van der Waals surface area contributed by atoms with E-state index >= 15 is 0 Å². The van der Waals surface area contributed by atoms with E-state index in [1.165, 1.54) is 22.3 Å². The van der Waals surface area contributed by atoms with Crippen molar-refractivity contribution in [3.63, 3.8) is 0 Å². The molecule has 4 heteroatoms. The maximum atomic E-state index is 4.59. The topological polar surface area (TPSA) is 35.6 Å². The lowest BCUT2D eigenvalue weighted by Crippen LogP contribution is -1.95. The van der Waals surface area contributed by atoms with Crippen molar-refractivity contribution in [2.75, 3.05) is 0 Å². The Balaban J connectivity index is 1.34. The first-order chi connectivity index (χ1) is 17.8. The fourth-order valence-electron chi connectivity index (χ4n) is 4.92. The Hall–Kier alpha value is -4.96. The van der Waals surface area contributed by atoms with Crippen molar-refractivity contribution in [2.45, 2.75) is 0 Å². The van der Waals surface area contributed by atoms with E-state index in [1.54, 1.807) is 0 Å². The summed E-state index contributed by atoms with van der Waals surface area (Å²) in [4.78, 5) is 9.13. The summed E-state index contributed by atoms with van der Waals surface area (Å²) in [5.41, 5.74) is 11.1. The molecule has 0 saturated carbocycles. The number of hydrogen-bond acceptors (Lipinski definition) is 2. The zero-order valence-electron chi connectivity index (χ0n) is 19.5. The summed E-state index contributed by atoms with van der Waals surface area (Å²) in [5, 5.41) is 0. The van der Waals surface area contributed by atoms with Gasteiger partial charge in [0.25, 0.3) is 0 Å². The molecular formula is C32H22N4. The summed E-state index contributed by atoms with van der Waals surface area (Å²) < 4.78 is 4.28. The molecule has 0 spiro atoms. The normalized spacial score (nSPS) is 11.3. The second-order valence-electron chi connectivity index (χ2n) is 8.85. The molecule has 0 atom stereocenters. The van der Waals surface area contributed by atoms with Gasteiger partial charge in [0.1, 0.15) is 12.7 Å². The second-order valence-corrected chi connectivity index (χ2v) is 8.85. The van der Waals surface area contributed by atoms with Crippen LogP contribution in [0.3, 0.4) is 0 Å². The minimum Gasteiger partial charge on any atom is -0.299 e. The molecule has 7 aromatic rings. The quantitative estimate of drug-likeness (QED) is 0.269. The molecule has 0 fully saturated rings. The third-order valence-corrected chi connectivity index (χ3v) is 6.73. The van der Waals surface area contributed by atoms with E-state index in [0.29, 0.717) is 0 Å². The van der Waals surface area contributed by atoms with E-state index in [4.69, 9.17) is 0 Å². The number of rotatable bonds is 4. The third kappa shape index (κ3) is 3.39. The monoisotopic (exact) mass is 462 g/mol. The lowest BCUT2D eigenvalue weighted by atomic mass is 9.94. The molecular weight excluding hydrogens is 440 g/mol. The zero-order chi connectivity index (χ0) is 23.9. The molecule has 36 heavy (non-hydrogen) atoms. The van der Waals surface area contributed by atoms with Crippen LogP contribution in [0.1, 0.15) is 0 Å². The molecule has 5 aromatic carbocycles. The highest BCUT2D eigenvalue weighted by Gasteiger charge is 2.12. The van der Waals surface area contributed by atoms with Crippen molar-refractivity contribution < 1.29 is 0 Å². The average Bonchev–Trinajstić information content (AvgIpc) is 3.58. The maximum absolute atomic E-state index is 4.59. The number of nitrogens with zero attached hydrogens (tertiary/aromatic N) is 4. The van der Waals surface area contributed by atoms with Gasteiger partial charge < -0.3 is 0 Å². The Kier molecular flexibility index (Phi) is 4.74. The Morgan fingerprint density at radius 3 is 1.61 bits per heavy atom. The van der Waals surface area contributed by atoms with Gasteiger partial charge in [-0.3, -0.25) is 9.13 Å². The summed E-state index contributed by atoms with van der Waals surface area (Å²) >= 11 is 0. The molecule has 0 unspecified atom stereocenters. The Morgan fingerprint density at radius 2 is 0.944 bits per heavy atom. The van der Waals surface area contributed by atoms with E-state index in [2.05, 4.69) is 110 Å². The molecule has 0 aliphatic rings. The minimum absolute atomic E-state index is 0.991. The standard InChI is InChI=1S/C32H22N4/c1-2-8-23(9-3-1)28-20-26(36-22-34-30-11-5-7-13-32(30)36)18-19-27(28)24-14-16-25(17-15-24)35-21-33-29-10-4-6-12-31(29)35/h1-22H. The van der Waals surface area contributed by atoms with Crippen LogP contribution >= 0.6 is 0 Å². The molecule has 0 aliphatic carbocycles. The Morgan fingerprint density at radius 1 is 0.417 bits per heavy atom. The molecule has 4 nitrogen and oxygen atoms in total. The first-order valence-electron chi connectivity index (χ1n) is 12.0. The number of aromatic nitrogens is 4. The van der Waals surface area contributed by atoms with Crippen molar-refractivity contribution >= 4 is 22.1 Å². The van der Waals surface area contributed by atoms with E-state index in [0.717, 1.165) is 33.4 Å². The smallest absolute Gasteiger partial charge is 0.100 e. The molecule has 0 bridgehead atoms. The fraction of sp³-hybridized carbons (Fsp3) is 0. The van der Waals surface area contributed by atoms with Crippen LogP contribution in [0.5, 0.6) is 0 Å². The molecule has 170 valence electrons. The number of hydrogen-bond donors (Lipinski definition) is 0. The van der Waals surface area contributed by atoms with Gasteiger partial charge in [-0.25, -0.2) is 9.97 Å². The number of imidazole rings is 2. The van der Waals surface area contributed by atoms with Crippen LogP contribution in [-0.2, 0) is 0 Å². The molecule has 2 aromatic heterocycles. The summed E-state index contributed by atoms with van der Waals surface area (Å²) in [6.45, 7) is 0. The highest BCUT2D eigenvalue weighted by Crippen LogP contribution is 2.35. The number of fused-ring (bicyclic) bond motifs is 2. The number of benzene rings is 5. The van der Waals surface area contributed by atoms with E-state index in [1.807, 2.05) is 43.0 Å². The van der Waals surface area contributed by atoms with Gasteiger partial charge in [0.15, 0.2) is 0 Å². The molecule has 2 heterocycles. The van der Waals surface area contributed by atoms with Crippen molar-refractivity contribution in [3.05, 3.63) is 134 Å². The van der Waals surface area contributed by atoms with E-state index in [-0.39, 0.29) is 0 Å². The summed E-state index contributed by atoms with van der Waals surface area (Å²) in [6, 6.07) is 42.4. The van der Waals surface area contributed by atoms with Gasteiger partial charge in [0.05, 0.1) is 22.1 Å². The van der Waals surface area contributed by atoms with Crippen LogP contribution in [0.15, 0.2) is 134 Å². The van der Waals surface area contributed by atoms with Crippen LogP contribution in [-0.4, -0.2) is 19.1 Å². The second kappa shape index (κ2) is 8.36. The summed E-state index contributed by atoms with van der Waals surface area (Å²) in [7, 11) is 0. The van der Waals surface area contributed by atoms with Gasteiger partial charge in [-0.2, -0.15) is 0 Å². The first kappa shape index (κ1) is 20.4. The molecule has 0 aliphatic heterocycles. The molecule has 0 N–H and O–H groups in total. The van der Waals surface area contributed by atoms with E-state index < -0.39 is 0 Å². The van der Waals surface area contributed by atoms with Crippen molar-refractivity contribution in [1.29, 1.82) is 0 Å². The van der Waals surface area contributed by atoms with Gasteiger partial charge in [-0.1, -0.05) is 72.8 Å². The Bertz CT molecular complexity index is 1830. The van der Waals surface area contributed by atoms with Crippen molar-refractivity contribution in [1.82, 2.24) is 19.1 Å².